The third kappa shape index (κ3) is 3.06. The molecular formula is C9H8INO3. The SMILES string of the molecule is CC(=O)c1cc(CC(=O)O)cc(I)n1. The number of aliphatic carboxylic acids is 1. The molecule has 0 atom stereocenters. The molecule has 0 aliphatic carbocycles. The lowest BCUT2D eigenvalue weighted by molar-refractivity contribution is -0.136. The van der Waals surface area contributed by atoms with Crippen LogP contribution in [0.1, 0.15) is 23.0 Å². The lowest BCUT2D eigenvalue weighted by Crippen LogP contribution is -2.05. The summed E-state index contributed by atoms with van der Waals surface area (Å²) in [6.07, 6.45) is -0.0845. The van der Waals surface area contributed by atoms with Crippen LogP contribution < -0.4 is 0 Å². The molecule has 0 saturated carbocycles. The fourth-order valence-electron chi connectivity index (χ4n) is 1.01. The van der Waals surface area contributed by atoms with E-state index < -0.39 is 5.97 Å². The number of carbonyl (C=O) groups excluding carboxylic acids is 1. The fourth-order valence-corrected chi connectivity index (χ4v) is 1.67. The van der Waals surface area contributed by atoms with Crippen molar-refractivity contribution in [1.29, 1.82) is 0 Å². The van der Waals surface area contributed by atoms with Gasteiger partial charge in [-0.3, -0.25) is 9.59 Å². The first kappa shape index (κ1) is 11.1. The van der Waals surface area contributed by atoms with Crippen LogP contribution in [0.5, 0.6) is 0 Å². The minimum Gasteiger partial charge on any atom is -0.481 e. The Labute approximate surface area is 94.5 Å². The van der Waals surface area contributed by atoms with E-state index >= 15 is 0 Å². The number of pyridine rings is 1. The van der Waals surface area contributed by atoms with Gasteiger partial charge < -0.3 is 5.11 Å². The van der Waals surface area contributed by atoms with E-state index in [1.54, 1.807) is 6.07 Å². The van der Waals surface area contributed by atoms with E-state index in [-0.39, 0.29) is 12.2 Å². The van der Waals surface area contributed by atoms with E-state index in [1.165, 1.54) is 13.0 Å². The number of aromatic nitrogens is 1. The Morgan fingerprint density at radius 2 is 2.14 bits per heavy atom. The van der Waals surface area contributed by atoms with E-state index in [9.17, 15) is 9.59 Å². The summed E-state index contributed by atoms with van der Waals surface area (Å²) in [6.45, 7) is 1.41. The second kappa shape index (κ2) is 4.50. The van der Waals surface area contributed by atoms with Crippen LogP contribution in [0.15, 0.2) is 12.1 Å². The highest BCUT2D eigenvalue weighted by atomic mass is 127. The molecule has 74 valence electrons. The average Bonchev–Trinajstić information content (AvgIpc) is 2.01. The van der Waals surface area contributed by atoms with Gasteiger partial charge >= 0.3 is 5.97 Å². The van der Waals surface area contributed by atoms with Crippen molar-refractivity contribution < 1.29 is 14.7 Å². The second-order valence-corrected chi connectivity index (χ2v) is 3.92. The predicted molar refractivity (Wildman–Crippen MR) is 58.3 cm³/mol. The van der Waals surface area contributed by atoms with Gasteiger partial charge in [-0.05, 0) is 40.3 Å². The molecule has 4 nitrogen and oxygen atoms in total. The Morgan fingerprint density at radius 3 is 2.64 bits per heavy atom. The van der Waals surface area contributed by atoms with Crippen LogP contribution in [0, 0.1) is 3.70 Å². The zero-order chi connectivity index (χ0) is 10.7. The molecule has 1 rings (SSSR count). The molecule has 0 aromatic carbocycles. The number of nitrogens with zero attached hydrogens (tertiary/aromatic N) is 1. The lowest BCUT2D eigenvalue weighted by atomic mass is 10.1. The molecule has 0 bridgehead atoms. The highest BCUT2D eigenvalue weighted by Crippen LogP contribution is 2.09. The van der Waals surface area contributed by atoms with Crippen molar-refractivity contribution >= 4 is 34.3 Å². The summed E-state index contributed by atoms with van der Waals surface area (Å²) < 4.78 is 0.631. The maximum atomic E-state index is 11.0. The van der Waals surface area contributed by atoms with Crippen molar-refractivity contribution in [2.75, 3.05) is 0 Å². The number of carboxylic acids is 1. The zero-order valence-electron chi connectivity index (χ0n) is 7.45. The third-order valence-corrected chi connectivity index (χ3v) is 2.12. The summed E-state index contributed by atoms with van der Waals surface area (Å²) in [5.41, 5.74) is 0.912. The number of carbonyl (C=O) groups is 2. The molecule has 0 amide bonds. The number of rotatable bonds is 3. The summed E-state index contributed by atoms with van der Waals surface area (Å²) >= 11 is 1.95. The van der Waals surface area contributed by atoms with E-state index in [4.69, 9.17) is 5.11 Å². The molecule has 0 unspecified atom stereocenters. The van der Waals surface area contributed by atoms with Gasteiger partial charge in [0.25, 0.3) is 0 Å². The number of hydrogen-bond acceptors (Lipinski definition) is 3. The topological polar surface area (TPSA) is 67.3 Å². The van der Waals surface area contributed by atoms with Gasteiger partial charge in [0.05, 0.1) is 6.42 Å². The Morgan fingerprint density at radius 1 is 1.50 bits per heavy atom. The van der Waals surface area contributed by atoms with E-state index in [0.717, 1.165) is 0 Å². The first-order valence-corrected chi connectivity index (χ1v) is 4.96. The van der Waals surface area contributed by atoms with Crippen molar-refractivity contribution in [3.05, 3.63) is 27.1 Å². The van der Waals surface area contributed by atoms with Gasteiger partial charge in [0, 0.05) is 6.92 Å². The first-order valence-electron chi connectivity index (χ1n) is 3.88. The predicted octanol–water partition coefficient (Wildman–Crippen LogP) is 1.52. The van der Waals surface area contributed by atoms with Gasteiger partial charge in [-0.15, -0.1) is 0 Å². The fraction of sp³-hybridized carbons (Fsp3) is 0.222. The summed E-state index contributed by atoms with van der Waals surface area (Å²) in [5, 5.41) is 8.58. The summed E-state index contributed by atoms with van der Waals surface area (Å²) in [7, 11) is 0. The molecule has 5 heteroatoms. The number of Topliss-reactive ketones (excluding diaryl/α,β-unsaturated/α-hetero) is 1. The number of halogens is 1. The second-order valence-electron chi connectivity index (χ2n) is 2.81. The van der Waals surface area contributed by atoms with Crippen LogP contribution in [-0.4, -0.2) is 21.8 Å². The molecule has 1 aromatic heterocycles. The number of hydrogen-bond donors (Lipinski definition) is 1. The smallest absolute Gasteiger partial charge is 0.307 e. The van der Waals surface area contributed by atoms with Gasteiger partial charge in [-0.2, -0.15) is 0 Å². The van der Waals surface area contributed by atoms with Crippen LogP contribution in [0.2, 0.25) is 0 Å². The molecule has 0 aliphatic heterocycles. The number of carboxylic acid groups (broad SMARTS) is 1. The summed E-state index contributed by atoms with van der Waals surface area (Å²) in [5.74, 6) is -1.07. The van der Waals surface area contributed by atoms with E-state index in [0.29, 0.717) is 15.0 Å². The molecule has 1 N–H and O–H groups in total. The van der Waals surface area contributed by atoms with Gasteiger partial charge in [0.15, 0.2) is 5.78 Å². The Kier molecular flexibility index (Phi) is 3.56. The van der Waals surface area contributed by atoms with E-state index in [1.807, 2.05) is 22.6 Å². The summed E-state index contributed by atoms with van der Waals surface area (Å²) in [6, 6.07) is 3.17. The lowest BCUT2D eigenvalue weighted by Gasteiger charge is -2.01. The maximum absolute atomic E-state index is 11.0. The average molecular weight is 305 g/mol. The van der Waals surface area contributed by atoms with Crippen LogP contribution in [0.3, 0.4) is 0 Å². The molecule has 0 aliphatic rings. The molecule has 0 saturated heterocycles. The minimum atomic E-state index is -0.915. The maximum Gasteiger partial charge on any atom is 0.307 e. The van der Waals surface area contributed by atoms with Gasteiger partial charge in [-0.1, -0.05) is 0 Å². The van der Waals surface area contributed by atoms with Crippen molar-refractivity contribution in [1.82, 2.24) is 4.98 Å². The van der Waals surface area contributed by atoms with E-state index in [2.05, 4.69) is 4.98 Å². The van der Waals surface area contributed by atoms with Crippen molar-refractivity contribution in [3.8, 4) is 0 Å². The summed E-state index contributed by atoms with van der Waals surface area (Å²) in [4.78, 5) is 25.5. The monoisotopic (exact) mass is 305 g/mol. The van der Waals surface area contributed by atoms with Crippen molar-refractivity contribution in [3.63, 3.8) is 0 Å². The highest BCUT2D eigenvalue weighted by Gasteiger charge is 2.07. The molecule has 0 fully saturated rings. The normalized spacial score (nSPS) is 9.86. The standard InChI is InChI=1S/C9H8INO3/c1-5(12)7-2-6(4-9(13)14)3-8(10)11-7/h2-3H,4H2,1H3,(H,13,14). The molecule has 0 radical (unpaired) electrons. The Bertz CT molecular complexity index is 390. The van der Waals surface area contributed by atoms with Gasteiger partial charge in [0.1, 0.15) is 9.39 Å². The molecule has 0 spiro atoms. The molecular weight excluding hydrogens is 297 g/mol. The van der Waals surface area contributed by atoms with Crippen molar-refractivity contribution in [2.24, 2.45) is 0 Å². The quantitative estimate of drug-likeness (QED) is 0.522. The Hall–Kier alpha value is -0.980. The van der Waals surface area contributed by atoms with Gasteiger partial charge in [-0.25, -0.2) is 4.98 Å². The highest BCUT2D eigenvalue weighted by molar-refractivity contribution is 14.1. The first-order chi connectivity index (χ1) is 6.49. The Balaban J connectivity index is 3.07. The van der Waals surface area contributed by atoms with Crippen LogP contribution in [0.4, 0.5) is 0 Å². The van der Waals surface area contributed by atoms with Gasteiger partial charge in [0.2, 0.25) is 0 Å². The van der Waals surface area contributed by atoms with Crippen LogP contribution in [0.25, 0.3) is 0 Å². The molecule has 1 aromatic rings. The minimum absolute atomic E-state index is 0.0845. The van der Waals surface area contributed by atoms with Crippen molar-refractivity contribution in [2.45, 2.75) is 13.3 Å². The zero-order valence-corrected chi connectivity index (χ0v) is 9.61. The largest absolute Gasteiger partial charge is 0.481 e. The van der Waals surface area contributed by atoms with Crippen LogP contribution >= 0.6 is 22.6 Å². The molecule has 1 heterocycles. The molecule has 14 heavy (non-hydrogen) atoms. The van der Waals surface area contributed by atoms with Crippen LogP contribution in [-0.2, 0) is 11.2 Å². The number of ketones is 1. The third-order valence-electron chi connectivity index (χ3n) is 1.57.